The molecular formula is C25H32Cl2N2O3. The summed E-state index contributed by atoms with van der Waals surface area (Å²) in [6.07, 6.45) is 14.4. The highest BCUT2D eigenvalue weighted by Gasteiger charge is 2.00. The molecule has 2 aromatic rings. The number of carbonyl (C=O) groups is 1. The largest absolute Gasteiger partial charge is 0.494 e. The summed E-state index contributed by atoms with van der Waals surface area (Å²) in [6, 6.07) is 7.90. The Morgan fingerprint density at radius 3 is 2.44 bits per heavy atom. The molecule has 174 valence electrons. The van der Waals surface area contributed by atoms with E-state index in [0.29, 0.717) is 18.9 Å². The van der Waals surface area contributed by atoms with Gasteiger partial charge in [0.25, 0.3) is 0 Å². The van der Waals surface area contributed by atoms with Crippen molar-refractivity contribution in [2.75, 3.05) is 12.5 Å². The fourth-order valence-electron chi connectivity index (χ4n) is 2.61. The highest BCUT2D eigenvalue weighted by molar-refractivity contribution is 6.30. The van der Waals surface area contributed by atoms with Crippen LogP contribution in [-0.4, -0.2) is 33.1 Å². The molecule has 5 nitrogen and oxygen atoms in total. The van der Waals surface area contributed by atoms with Gasteiger partial charge >= 0.3 is 5.97 Å². The van der Waals surface area contributed by atoms with E-state index in [4.69, 9.17) is 33.0 Å². The van der Waals surface area contributed by atoms with Crippen molar-refractivity contribution in [1.29, 1.82) is 0 Å². The molecule has 1 aromatic carbocycles. The lowest BCUT2D eigenvalue weighted by atomic mass is 10.2. The molecular weight excluding hydrogens is 447 g/mol. The maximum absolute atomic E-state index is 10.4. The summed E-state index contributed by atoms with van der Waals surface area (Å²) in [4.78, 5) is 15.0. The lowest BCUT2D eigenvalue weighted by molar-refractivity contribution is -0.137. The summed E-state index contributed by atoms with van der Waals surface area (Å²) < 4.78 is 7.68. The summed E-state index contributed by atoms with van der Waals surface area (Å²) in [5.41, 5.74) is 2.02. The number of hydrogen-bond acceptors (Lipinski definition) is 3. The number of allylic oxidation sites excluding steroid dienone is 3. The number of benzene rings is 1. The first-order chi connectivity index (χ1) is 15.3. The number of hydrogen-bond donors (Lipinski definition) is 1. The number of imidazole rings is 1. The monoisotopic (exact) mass is 478 g/mol. The van der Waals surface area contributed by atoms with Crippen LogP contribution in [0.1, 0.15) is 56.6 Å². The normalized spacial score (nSPS) is 11.6. The van der Waals surface area contributed by atoms with Crippen molar-refractivity contribution in [2.24, 2.45) is 7.05 Å². The number of aryl methyl sites for hydroxylation is 1. The third-order valence-electron chi connectivity index (χ3n) is 4.24. The topological polar surface area (TPSA) is 64.3 Å². The van der Waals surface area contributed by atoms with Crippen LogP contribution in [0.4, 0.5) is 0 Å². The Labute approximate surface area is 201 Å². The standard InChI is InChI=1S/C21H26N2O3.C4H6Cl2/c1-3-7-18-16-23(2)20(22-18)14-11-17-9-12-19(13-10-17)26-15-6-4-5-8-21(24)25;1-4(6)2-3-5/h3,7,9-14,16H,4-6,8,15H2,1-2H3,(H,24,25);2H,3H2,1H3/b7-3+,14-11+;4-2+. The Morgan fingerprint density at radius 1 is 1.16 bits per heavy atom. The number of alkyl halides is 1. The van der Waals surface area contributed by atoms with Gasteiger partial charge in [-0.15, -0.1) is 11.6 Å². The fourth-order valence-corrected chi connectivity index (χ4v) is 3.00. The molecule has 1 N–H and O–H groups in total. The number of nitrogens with zero attached hydrogens (tertiary/aromatic N) is 2. The second-order valence-corrected chi connectivity index (χ2v) is 7.94. The van der Waals surface area contributed by atoms with Gasteiger partial charge in [0.15, 0.2) is 0 Å². The van der Waals surface area contributed by atoms with E-state index in [0.717, 1.165) is 40.7 Å². The zero-order chi connectivity index (χ0) is 23.8. The van der Waals surface area contributed by atoms with Crippen molar-refractivity contribution in [1.82, 2.24) is 9.55 Å². The van der Waals surface area contributed by atoms with E-state index >= 15 is 0 Å². The van der Waals surface area contributed by atoms with Crippen LogP contribution in [0.5, 0.6) is 5.75 Å². The van der Waals surface area contributed by atoms with Gasteiger partial charge in [0.1, 0.15) is 11.6 Å². The van der Waals surface area contributed by atoms with Crippen molar-refractivity contribution in [2.45, 2.75) is 39.5 Å². The Kier molecular flexibility index (Phi) is 13.9. The van der Waals surface area contributed by atoms with Crippen LogP contribution in [0.2, 0.25) is 0 Å². The molecule has 0 spiro atoms. The predicted octanol–water partition coefficient (Wildman–Crippen LogP) is 7.02. The third-order valence-corrected chi connectivity index (χ3v) is 4.54. The number of ether oxygens (including phenoxy) is 1. The minimum Gasteiger partial charge on any atom is -0.494 e. The van der Waals surface area contributed by atoms with Crippen LogP contribution in [0.25, 0.3) is 18.2 Å². The van der Waals surface area contributed by atoms with E-state index in [9.17, 15) is 4.79 Å². The Bertz CT molecular complexity index is 896. The molecule has 32 heavy (non-hydrogen) atoms. The molecule has 0 saturated carbocycles. The number of rotatable bonds is 11. The van der Waals surface area contributed by atoms with Crippen LogP contribution in [0.3, 0.4) is 0 Å². The van der Waals surface area contributed by atoms with E-state index in [1.807, 2.05) is 73.3 Å². The highest BCUT2D eigenvalue weighted by atomic mass is 35.5. The maximum atomic E-state index is 10.4. The molecule has 2 rings (SSSR count). The first-order valence-electron chi connectivity index (χ1n) is 10.5. The van der Waals surface area contributed by atoms with E-state index < -0.39 is 5.97 Å². The maximum Gasteiger partial charge on any atom is 0.303 e. The Morgan fingerprint density at radius 2 is 1.88 bits per heavy atom. The molecule has 0 saturated heterocycles. The van der Waals surface area contributed by atoms with Gasteiger partial charge in [-0.3, -0.25) is 4.79 Å². The van der Waals surface area contributed by atoms with Gasteiger partial charge in [-0.25, -0.2) is 4.98 Å². The van der Waals surface area contributed by atoms with Gasteiger partial charge in [-0.05, 0) is 63.0 Å². The van der Waals surface area contributed by atoms with Crippen molar-refractivity contribution in [3.05, 3.63) is 64.7 Å². The first kappa shape index (κ1) is 27.5. The van der Waals surface area contributed by atoms with Gasteiger partial charge in [-0.2, -0.15) is 0 Å². The number of carboxylic acid groups (broad SMARTS) is 1. The van der Waals surface area contributed by atoms with Crippen LogP contribution < -0.4 is 4.74 Å². The van der Waals surface area contributed by atoms with E-state index in [2.05, 4.69) is 4.98 Å². The summed E-state index contributed by atoms with van der Waals surface area (Å²) in [6.45, 7) is 4.38. The molecule has 7 heteroatoms. The third kappa shape index (κ3) is 12.4. The summed E-state index contributed by atoms with van der Waals surface area (Å²) in [7, 11) is 1.98. The molecule has 0 aliphatic rings. The fraction of sp³-hybridized carbons (Fsp3) is 0.360. The zero-order valence-corrected chi connectivity index (χ0v) is 20.4. The SMILES string of the molecule is C/C(Cl)=C\CCl.C/C=C/c1cn(C)c(/C=C/c2ccc(OCCCCCC(=O)O)cc2)n1. The molecule has 0 unspecified atom stereocenters. The van der Waals surface area contributed by atoms with Gasteiger partial charge in [0.2, 0.25) is 0 Å². The van der Waals surface area contributed by atoms with Gasteiger partial charge in [-0.1, -0.05) is 42.0 Å². The number of unbranched alkanes of at least 4 members (excludes halogenated alkanes) is 2. The zero-order valence-electron chi connectivity index (χ0n) is 18.9. The molecule has 0 aliphatic heterocycles. The van der Waals surface area contributed by atoms with Crippen LogP contribution >= 0.6 is 23.2 Å². The Balaban J connectivity index is 0.000000751. The summed E-state index contributed by atoms with van der Waals surface area (Å²) >= 11 is 10.6. The number of halogens is 2. The molecule has 0 radical (unpaired) electrons. The molecule has 0 atom stereocenters. The lowest BCUT2D eigenvalue weighted by Crippen LogP contribution is -1.99. The number of aromatic nitrogens is 2. The summed E-state index contributed by atoms with van der Waals surface area (Å²) in [5, 5.41) is 9.34. The molecule has 0 bridgehead atoms. The Hall–Kier alpha value is -2.50. The van der Waals surface area contributed by atoms with Crippen molar-refractivity contribution in [3.8, 4) is 5.75 Å². The number of aliphatic carboxylic acids is 1. The second kappa shape index (κ2) is 16.2. The van der Waals surface area contributed by atoms with Crippen molar-refractivity contribution < 1.29 is 14.6 Å². The van der Waals surface area contributed by atoms with E-state index in [-0.39, 0.29) is 6.42 Å². The predicted molar refractivity (Wildman–Crippen MR) is 135 cm³/mol. The molecule has 1 aromatic heterocycles. The van der Waals surface area contributed by atoms with Gasteiger partial charge in [0, 0.05) is 30.6 Å². The van der Waals surface area contributed by atoms with Gasteiger partial charge < -0.3 is 14.4 Å². The average Bonchev–Trinajstić information content (AvgIpc) is 3.09. The molecule has 1 heterocycles. The van der Waals surface area contributed by atoms with Crippen LogP contribution in [0, 0.1) is 0 Å². The first-order valence-corrected chi connectivity index (χ1v) is 11.4. The molecule has 0 fully saturated rings. The minimum absolute atomic E-state index is 0.229. The second-order valence-electron chi connectivity index (χ2n) is 7.04. The molecule has 0 aliphatic carbocycles. The summed E-state index contributed by atoms with van der Waals surface area (Å²) in [5.74, 6) is 1.50. The van der Waals surface area contributed by atoms with Crippen LogP contribution in [0.15, 0.2) is 47.6 Å². The average molecular weight is 479 g/mol. The minimum atomic E-state index is -0.738. The smallest absolute Gasteiger partial charge is 0.303 e. The highest BCUT2D eigenvalue weighted by Crippen LogP contribution is 2.15. The lowest BCUT2D eigenvalue weighted by Gasteiger charge is -2.06. The quantitative estimate of drug-likeness (QED) is 0.278. The van der Waals surface area contributed by atoms with E-state index in [1.54, 1.807) is 13.0 Å². The van der Waals surface area contributed by atoms with Crippen molar-refractivity contribution >= 4 is 47.4 Å². The van der Waals surface area contributed by atoms with E-state index in [1.165, 1.54) is 0 Å². The molecule has 0 amide bonds. The number of carboxylic acids is 1. The van der Waals surface area contributed by atoms with Crippen LogP contribution in [-0.2, 0) is 11.8 Å². The van der Waals surface area contributed by atoms with Gasteiger partial charge in [0.05, 0.1) is 12.3 Å². The van der Waals surface area contributed by atoms with Crippen molar-refractivity contribution in [3.63, 3.8) is 0 Å².